The average molecular weight is 453 g/mol. The van der Waals surface area contributed by atoms with Crippen molar-refractivity contribution in [2.75, 3.05) is 6.61 Å². The van der Waals surface area contributed by atoms with E-state index in [1.165, 1.54) is 0 Å². The minimum Gasteiger partial charge on any atom is -0.461 e. The molecule has 2 heterocycles. The molecule has 0 saturated heterocycles. The van der Waals surface area contributed by atoms with E-state index < -0.39 is 11.8 Å². The minimum atomic E-state index is -0.780. The largest absolute Gasteiger partial charge is 0.461 e. The number of rotatable bonds is 4. The van der Waals surface area contributed by atoms with Crippen LogP contribution in [-0.2, 0) is 20.7 Å². The van der Waals surface area contributed by atoms with Crippen LogP contribution in [0.2, 0.25) is 10.0 Å². The van der Waals surface area contributed by atoms with Crippen molar-refractivity contribution in [3.05, 3.63) is 63.8 Å². The summed E-state index contributed by atoms with van der Waals surface area (Å²) in [4.78, 5) is 33.6. The fourth-order valence-electron chi connectivity index (χ4n) is 3.26. The number of ether oxygens (including phenoxy) is 1. The number of carbonyl (C=O) groups is 2. The van der Waals surface area contributed by atoms with Crippen LogP contribution in [0.25, 0.3) is 17.1 Å². The zero-order valence-electron chi connectivity index (χ0n) is 16.2. The summed E-state index contributed by atoms with van der Waals surface area (Å²) in [6.07, 6.45) is -0.102. The maximum absolute atomic E-state index is 12.7. The summed E-state index contributed by atoms with van der Waals surface area (Å²) in [7, 11) is 0. The van der Waals surface area contributed by atoms with Crippen molar-refractivity contribution in [1.82, 2.24) is 9.55 Å². The molecule has 0 spiro atoms. The van der Waals surface area contributed by atoms with Gasteiger partial charge in [-0.25, -0.2) is 14.8 Å². The number of halogens is 2. The third-order valence-electron chi connectivity index (χ3n) is 4.65. The molecule has 0 bridgehead atoms. The topological polar surface area (TPSA) is 97.3 Å². The number of imidazole rings is 1. The van der Waals surface area contributed by atoms with E-state index in [9.17, 15) is 9.59 Å². The predicted molar refractivity (Wildman–Crippen MR) is 116 cm³/mol. The molecular weight excluding hydrogens is 439 g/mol. The lowest BCUT2D eigenvalue weighted by atomic mass is 10.1. The van der Waals surface area contributed by atoms with Gasteiger partial charge in [0.15, 0.2) is 17.3 Å². The number of benzene rings is 2. The van der Waals surface area contributed by atoms with Gasteiger partial charge in [0.05, 0.1) is 41.1 Å². The van der Waals surface area contributed by atoms with E-state index in [1.54, 1.807) is 54.0 Å². The number of Topliss-reactive ketones (excluding diaryl/α,β-unsaturated/α-hetero) is 1. The molecule has 1 aromatic heterocycles. The molecule has 3 aromatic rings. The average Bonchev–Trinajstić information content (AvgIpc) is 3.11. The van der Waals surface area contributed by atoms with E-state index in [1.807, 2.05) is 0 Å². The van der Waals surface area contributed by atoms with Gasteiger partial charge in [-0.05, 0) is 49.4 Å². The highest BCUT2D eigenvalue weighted by Crippen LogP contribution is 2.36. The lowest BCUT2D eigenvalue weighted by Crippen LogP contribution is -2.30. The number of carbonyl (C=O) groups excluding carboxylic acids is 2. The highest BCUT2D eigenvalue weighted by atomic mass is 35.5. The number of fused-ring (bicyclic) bond motifs is 1. The van der Waals surface area contributed by atoms with E-state index in [2.05, 4.69) is 16.0 Å². The monoisotopic (exact) mass is 452 g/mol. The molecule has 31 heavy (non-hydrogen) atoms. The summed E-state index contributed by atoms with van der Waals surface area (Å²) >= 11 is 12.5. The van der Waals surface area contributed by atoms with Crippen LogP contribution in [-0.4, -0.2) is 33.6 Å². The number of hydrogen-bond donors (Lipinski definition) is 0. The van der Waals surface area contributed by atoms with Gasteiger partial charge in [-0.15, -0.1) is 0 Å². The van der Waals surface area contributed by atoms with Gasteiger partial charge in [0.2, 0.25) is 0 Å². The Labute approximate surface area is 187 Å². The van der Waals surface area contributed by atoms with Crippen LogP contribution in [0.15, 0.2) is 47.5 Å². The van der Waals surface area contributed by atoms with Crippen LogP contribution in [0.3, 0.4) is 0 Å². The van der Waals surface area contributed by atoms with E-state index in [4.69, 9.17) is 33.2 Å². The lowest BCUT2D eigenvalue weighted by Gasteiger charge is -2.16. The van der Waals surface area contributed by atoms with Crippen LogP contribution in [0.4, 0.5) is 5.82 Å². The Bertz CT molecular complexity index is 1290. The number of nitrogens with zero attached hydrogens (tertiary/aromatic N) is 4. The van der Waals surface area contributed by atoms with Crippen molar-refractivity contribution in [2.45, 2.75) is 13.3 Å². The first kappa shape index (κ1) is 20.8. The fourth-order valence-corrected chi connectivity index (χ4v) is 3.76. The fraction of sp³-hybridized carbons (Fsp3) is 0.136. The molecule has 2 aromatic carbocycles. The van der Waals surface area contributed by atoms with Crippen molar-refractivity contribution in [3.63, 3.8) is 0 Å². The van der Waals surface area contributed by atoms with Crippen molar-refractivity contribution in [3.8, 4) is 23.1 Å². The second-order valence-electron chi connectivity index (χ2n) is 6.61. The molecule has 0 saturated carbocycles. The van der Waals surface area contributed by atoms with E-state index in [0.29, 0.717) is 38.4 Å². The summed E-state index contributed by atoms with van der Waals surface area (Å²) in [6.45, 7) is 1.78. The molecule has 0 atom stereocenters. The Morgan fingerprint density at radius 3 is 2.61 bits per heavy atom. The summed E-state index contributed by atoms with van der Waals surface area (Å²) in [6, 6.07) is 13.9. The lowest BCUT2D eigenvalue weighted by molar-refractivity contribution is -0.135. The highest BCUT2D eigenvalue weighted by molar-refractivity contribution is 6.65. The third kappa shape index (κ3) is 3.83. The summed E-state index contributed by atoms with van der Waals surface area (Å²) < 4.78 is 6.66. The summed E-state index contributed by atoms with van der Waals surface area (Å²) in [5.41, 5.74) is 1.93. The van der Waals surface area contributed by atoms with Crippen molar-refractivity contribution >= 4 is 46.5 Å². The van der Waals surface area contributed by atoms with Crippen molar-refractivity contribution < 1.29 is 14.3 Å². The van der Waals surface area contributed by atoms with E-state index in [-0.39, 0.29) is 24.6 Å². The number of hydrogen-bond acceptors (Lipinski definition) is 6. The van der Waals surface area contributed by atoms with Crippen LogP contribution in [0, 0.1) is 11.3 Å². The molecule has 0 N–H and O–H groups in total. The molecule has 0 radical (unpaired) electrons. The van der Waals surface area contributed by atoms with Gasteiger partial charge in [-0.3, -0.25) is 9.36 Å². The van der Waals surface area contributed by atoms with E-state index in [0.717, 1.165) is 0 Å². The Morgan fingerprint density at radius 2 is 1.97 bits per heavy atom. The van der Waals surface area contributed by atoms with Gasteiger partial charge < -0.3 is 4.74 Å². The molecular formula is C22H14Cl2N4O3. The first-order chi connectivity index (χ1) is 14.9. The first-order valence-corrected chi connectivity index (χ1v) is 10.0. The van der Waals surface area contributed by atoms with Crippen LogP contribution >= 0.6 is 23.2 Å². The molecule has 7 nitrogen and oxygen atoms in total. The number of ketones is 1. The molecule has 0 unspecified atom stereocenters. The number of esters is 1. The van der Waals surface area contributed by atoms with Crippen LogP contribution in [0.1, 0.15) is 18.2 Å². The second-order valence-corrected chi connectivity index (χ2v) is 7.45. The molecule has 154 valence electrons. The number of nitriles is 1. The van der Waals surface area contributed by atoms with E-state index >= 15 is 0 Å². The standard InChI is InChI=1S/C22H14Cl2N4O3/c1-2-31-22(30)19-18(29)10-17-20(26-19)27-21(13-5-3-12(11-25)4-6-13)28(17)16-8-7-14(23)9-15(16)24/h3-9H,2,10H2,1H3. The Hall–Kier alpha value is -3.47. The van der Waals surface area contributed by atoms with Crippen molar-refractivity contribution in [2.24, 2.45) is 4.99 Å². The highest BCUT2D eigenvalue weighted by Gasteiger charge is 2.32. The van der Waals surface area contributed by atoms with Crippen molar-refractivity contribution in [1.29, 1.82) is 5.26 Å². The number of aromatic nitrogens is 2. The summed E-state index contributed by atoms with van der Waals surface area (Å²) in [5, 5.41) is 9.90. The smallest absolute Gasteiger partial charge is 0.360 e. The second kappa shape index (κ2) is 8.34. The molecule has 0 aliphatic carbocycles. The molecule has 1 aliphatic rings. The van der Waals surface area contributed by atoms with Crippen LogP contribution < -0.4 is 0 Å². The van der Waals surface area contributed by atoms with Gasteiger partial charge in [0.1, 0.15) is 5.82 Å². The zero-order chi connectivity index (χ0) is 22.1. The SMILES string of the molecule is CCOC(=O)C1=Nc2nc(-c3ccc(C#N)cc3)n(-c3ccc(Cl)cc3Cl)c2CC1=O. The minimum absolute atomic E-state index is 0.102. The van der Waals surface area contributed by atoms with Crippen LogP contribution in [0.5, 0.6) is 0 Å². The molecule has 4 rings (SSSR count). The van der Waals surface area contributed by atoms with Gasteiger partial charge in [-0.1, -0.05) is 23.2 Å². The normalized spacial score (nSPS) is 12.7. The zero-order valence-corrected chi connectivity index (χ0v) is 17.7. The maximum atomic E-state index is 12.7. The maximum Gasteiger partial charge on any atom is 0.360 e. The van der Waals surface area contributed by atoms with Gasteiger partial charge >= 0.3 is 5.97 Å². The Kier molecular flexibility index (Phi) is 5.59. The molecule has 0 fully saturated rings. The molecule has 0 amide bonds. The number of aliphatic imine (C=N–C) groups is 1. The molecule has 9 heteroatoms. The Morgan fingerprint density at radius 1 is 1.23 bits per heavy atom. The third-order valence-corrected chi connectivity index (χ3v) is 5.19. The molecule has 1 aliphatic heterocycles. The quantitative estimate of drug-likeness (QED) is 0.543. The Balaban J connectivity index is 1.95. The van der Waals surface area contributed by atoms with Gasteiger partial charge in [-0.2, -0.15) is 5.26 Å². The first-order valence-electron chi connectivity index (χ1n) is 9.29. The summed E-state index contributed by atoms with van der Waals surface area (Å²) in [5.74, 6) is -0.561. The predicted octanol–water partition coefficient (Wildman–Crippen LogP) is 4.48. The van der Waals surface area contributed by atoms with Gasteiger partial charge in [0, 0.05) is 10.6 Å². The van der Waals surface area contributed by atoms with Gasteiger partial charge in [0.25, 0.3) is 0 Å².